The molecule has 0 amide bonds. The highest BCUT2D eigenvalue weighted by atomic mass is 16.5. The summed E-state index contributed by atoms with van der Waals surface area (Å²) < 4.78 is 5.54. The first-order valence-corrected chi connectivity index (χ1v) is 12.9. The van der Waals surface area contributed by atoms with Crippen molar-refractivity contribution in [1.82, 2.24) is 10.2 Å². The lowest BCUT2D eigenvalue weighted by molar-refractivity contribution is 0.176. The van der Waals surface area contributed by atoms with Gasteiger partial charge in [-0.1, -0.05) is 56.2 Å². The maximum Gasteiger partial charge on any atom is 0.122 e. The van der Waals surface area contributed by atoms with E-state index in [4.69, 9.17) is 4.74 Å². The summed E-state index contributed by atoms with van der Waals surface area (Å²) in [7, 11) is 1.78. The normalized spacial score (nSPS) is 15.7. The molecule has 3 rings (SSSR count). The Balaban J connectivity index is 1.33. The molecule has 0 aliphatic heterocycles. The minimum Gasteiger partial charge on any atom is -0.496 e. The third-order valence-electron chi connectivity index (χ3n) is 7.06. The van der Waals surface area contributed by atoms with E-state index >= 15 is 0 Å². The van der Waals surface area contributed by atoms with Crippen molar-refractivity contribution in [2.45, 2.75) is 77.7 Å². The van der Waals surface area contributed by atoms with Crippen molar-refractivity contribution >= 4 is 0 Å². The molecule has 0 bridgehead atoms. The van der Waals surface area contributed by atoms with E-state index in [0.717, 1.165) is 25.3 Å². The second-order valence-electron chi connectivity index (χ2n) is 9.36. The molecule has 0 radical (unpaired) electrons. The lowest BCUT2D eigenvalue weighted by atomic mass is 9.84. The van der Waals surface area contributed by atoms with Crippen LogP contribution in [0.5, 0.6) is 5.75 Å². The van der Waals surface area contributed by atoms with Gasteiger partial charge in [-0.2, -0.15) is 0 Å². The summed E-state index contributed by atoms with van der Waals surface area (Å²) in [6.45, 7) is 9.26. The Kier molecular flexibility index (Phi) is 10.6. The molecule has 0 fully saturated rings. The summed E-state index contributed by atoms with van der Waals surface area (Å²) in [6, 6.07) is 15.9. The van der Waals surface area contributed by atoms with Gasteiger partial charge in [0.05, 0.1) is 7.11 Å². The Bertz CT molecular complexity index is 789. The van der Waals surface area contributed by atoms with Gasteiger partial charge in [0.15, 0.2) is 0 Å². The van der Waals surface area contributed by atoms with Crippen LogP contribution in [-0.2, 0) is 19.3 Å². The molecule has 3 nitrogen and oxygen atoms in total. The molecule has 0 spiro atoms. The Morgan fingerprint density at radius 3 is 2.56 bits per heavy atom. The second kappa shape index (κ2) is 13.6. The van der Waals surface area contributed by atoms with Crippen molar-refractivity contribution in [3.63, 3.8) is 0 Å². The SMILES string of the molecule is CCCN(CCCCCCNCCc1ccccc1)[C@H]1CCc2c(ccc(OC)c2C)C1. The van der Waals surface area contributed by atoms with Crippen molar-refractivity contribution in [1.29, 1.82) is 0 Å². The first kappa shape index (κ1) is 24.8. The number of hydrogen-bond acceptors (Lipinski definition) is 3. The molecule has 0 unspecified atom stereocenters. The predicted octanol–water partition coefficient (Wildman–Crippen LogP) is 5.97. The maximum atomic E-state index is 5.54. The quantitative estimate of drug-likeness (QED) is 0.370. The van der Waals surface area contributed by atoms with Crippen LogP contribution < -0.4 is 10.1 Å². The largest absolute Gasteiger partial charge is 0.496 e. The van der Waals surface area contributed by atoms with Crippen molar-refractivity contribution < 1.29 is 4.74 Å². The summed E-state index contributed by atoms with van der Waals surface area (Å²) >= 11 is 0. The molecule has 2 aromatic carbocycles. The predicted molar refractivity (Wildman–Crippen MR) is 137 cm³/mol. The zero-order chi connectivity index (χ0) is 22.6. The minimum absolute atomic E-state index is 0.704. The molecular weight excluding hydrogens is 392 g/mol. The summed E-state index contributed by atoms with van der Waals surface area (Å²) in [5.74, 6) is 1.04. The van der Waals surface area contributed by atoms with Crippen molar-refractivity contribution in [3.05, 3.63) is 64.7 Å². The fourth-order valence-electron chi connectivity index (χ4n) is 5.22. The highest BCUT2D eigenvalue weighted by Crippen LogP contribution is 2.32. The van der Waals surface area contributed by atoms with Crippen LogP contribution in [0.4, 0.5) is 0 Å². The number of hydrogen-bond donors (Lipinski definition) is 1. The number of rotatable bonds is 14. The molecule has 0 saturated heterocycles. The number of ether oxygens (including phenoxy) is 1. The van der Waals surface area contributed by atoms with Crippen LogP contribution in [0.15, 0.2) is 42.5 Å². The standard InChI is InChI=1S/C29H44N2O/c1-4-21-31(27-15-16-28-24(2)29(32-3)17-14-26(28)23-27)22-11-6-5-10-19-30-20-18-25-12-8-7-9-13-25/h7-9,12-14,17,27,30H,4-6,10-11,15-16,18-23H2,1-3H3/t27-/m0/s1. The van der Waals surface area contributed by atoms with E-state index in [1.165, 1.54) is 81.1 Å². The van der Waals surface area contributed by atoms with Gasteiger partial charge in [-0.15, -0.1) is 0 Å². The van der Waals surface area contributed by atoms with E-state index in [0.29, 0.717) is 6.04 Å². The number of methoxy groups -OCH3 is 1. The number of fused-ring (bicyclic) bond motifs is 1. The van der Waals surface area contributed by atoms with Crippen LogP contribution in [0.25, 0.3) is 0 Å². The van der Waals surface area contributed by atoms with Crippen LogP contribution in [0.2, 0.25) is 0 Å². The smallest absolute Gasteiger partial charge is 0.122 e. The van der Waals surface area contributed by atoms with E-state index in [2.05, 4.69) is 66.5 Å². The molecule has 1 N–H and O–H groups in total. The van der Waals surface area contributed by atoms with Crippen LogP contribution in [-0.4, -0.2) is 44.2 Å². The summed E-state index contributed by atoms with van der Waals surface area (Å²) in [5, 5.41) is 3.61. The van der Waals surface area contributed by atoms with Crippen molar-refractivity contribution in [2.24, 2.45) is 0 Å². The number of benzene rings is 2. The topological polar surface area (TPSA) is 24.5 Å². The molecule has 3 heteroatoms. The molecule has 176 valence electrons. The number of unbranched alkanes of at least 4 members (excludes halogenated alkanes) is 3. The zero-order valence-corrected chi connectivity index (χ0v) is 20.7. The van der Waals surface area contributed by atoms with Gasteiger partial charge in [-0.3, -0.25) is 0 Å². The van der Waals surface area contributed by atoms with Crippen LogP contribution >= 0.6 is 0 Å². The molecule has 1 aliphatic rings. The lowest BCUT2D eigenvalue weighted by Gasteiger charge is -2.36. The highest BCUT2D eigenvalue weighted by Gasteiger charge is 2.25. The summed E-state index contributed by atoms with van der Waals surface area (Å²) in [5.41, 5.74) is 5.86. The highest BCUT2D eigenvalue weighted by molar-refractivity contribution is 5.45. The average Bonchev–Trinajstić information content (AvgIpc) is 2.83. The van der Waals surface area contributed by atoms with Gasteiger partial charge in [0.25, 0.3) is 0 Å². The first-order valence-electron chi connectivity index (χ1n) is 12.9. The molecule has 0 aromatic heterocycles. The summed E-state index contributed by atoms with van der Waals surface area (Å²) in [6.07, 6.45) is 11.4. The second-order valence-corrected chi connectivity index (χ2v) is 9.36. The maximum absolute atomic E-state index is 5.54. The number of nitrogens with one attached hydrogen (secondary N) is 1. The Labute approximate surface area is 196 Å². The van der Waals surface area contributed by atoms with Gasteiger partial charge in [0.2, 0.25) is 0 Å². The average molecular weight is 437 g/mol. The molecule has 1 atom stereocenters. The molecular formula is C29H44N2O. The van der Waals surface area contributed by atoms with E-state index in [-0.39, 0.29) is 0 Å². The van der Waals surface area contributed by atoms with Crippen molar-refractivity contribution in [3.8, 4) is 5.75 Å². The Morgan fingerprint density at radius 1 is 0.969 bits per heavy atom. The molecule has 1 aliphatic carbocycles. The van der Waals surface area contributed by atoms with E-state index in [9.17, 15) is 0 Å². The van der Waals surface area contributed by atoms with Gasteiger partial charge in [0, 0.05) is 6.04 Å². The van der Waals surface area contributed by atoms with E-state index in [1.54, 1.807) is 12.7 Å². The number of nitrogens with zero attached hydrogens (tertiary/aromatic N) is 1. The third-order valence-corrected chi connectivity index (χ3v) is 7.06. The molecule has 2 aromatic rings. The van der Waals surface area contributed by atoms with Gasteiger partial charge in [0.1, 0.15) is 5.75 Å². The minimum atomic E-state index is 0.704. The van der Waals surface area contributed by atoms with E-state index in [1.807, 2.05) is 0 Å². The van der Waals surface area contributed by atoms with Gasteiger partial charge in [-0.25, -0.2) is 0 Å². The molecule has 0 heterocycles. The van der Waals surface area contributed by atoms with Gasteiger partial charge in [-0.05, 0) is 106 Å². The monoisotopic (exact) mass is 436 g/mol. The fourth-order valence-corrected chi connectivity index (χ4v) is 5.22. The van der Waals surface area contributed by atoms with Crippen molar-refractivity contribution in [2.75, 3.05) is 33.3 Å². The van der Waals surface area contributed by atoms with Crippen LogP contribution in [0.3, 0.4) is 0 Å². The Hall–Kier alpha value is -1.84. The van der Waals surface area contributed by atoms with Crippen LogP contribution in [0.1, 0.15) is 67.7 Å². The lowest BCUT2D eigenvalue weighted by Crippen LogP contribution is -2.40. The van der Waals surface area contributed by atoms with Gasteiger partial charge >= 0.3 is 0 Å². The third kappa shape index (κ3) is 7.35. The molecule has 32 heavy (non-hydrogen) atoms. The summed E-state index contributed by atoms with van der Waals surface area (Å²) in [4.78, 5) is 2.78. The molecule has 0 saturated carbocycles. The first-order chi connectivity index (χ1) is 15.7. The van der Waals surface area contributed by atoms with Gasteiger partial charge < -0.3 is 15.0 Å². The van der Waals surface area contributed by atoms with Crippen LogP contribution in [0, 0.1) is 6.92 Å². The Morgan fingerprint density at radius 2 is 1.78 bits per heavy atom. The fraction of sp³-hybridized carbons (Fsp3) is 0.586. The zero-order valence-electron chi connectivity index (χ0n) is 20.7. The van der Waals surface area contributed by atoms with E-state index < -0.39 is 0 Å².